The predicted octanol–water partition coefficient (Wildman–Crippen LogP) is 4.26. The molecule has 6 rings (SSSR count). The maximum atomic E-state index is 13.1. The van der Waals surface area contributed by atoms with Gasteiger partial charge in [0.1, 0.15) is 0 Å². The lowest BCUT2D eigenvalue weighted by atomic mass is 9.51. The zero-order valence-electron chi connectivity index (χ0n) is 17.9. The number of aliphatic hydroxyl groups excluding tert-OH is 1. The van der Waals surface area contributed by atoms with Gasteiger partial charge in [-0.25, -0.2) is 0 Å². The van der Waals surface area contributed by atoms with E-state index in [1.807, 2.05) is 32.0 Å². The smallest absolute Gasteiger partial charge is 0.258 e. The summed E-state index contributed by atoms with van der Waals surface area (Å²) in [6, 6.07) is 5.32. The van der Waals surface area contributed by atoms with Gasteiger partial charge in [-0.05, 0) is 93.2 Å². The minimum atomic E-state index is -0.279. The second-order valence-corrected chi connectivity index (χ2v) is 10.1. The Morgan fingerprint density at radius 2 is 1.77 bits per heavy atom. The van der Waals surface area contributed by atoms with Crippen LogP contribution >= 0.6 is 0 Å². The van der Waals surface area contributed by atoms with E-state index >= 15 is 0 Å². The Balaban J connectivity index is 1.39. The summed E-state index contributed by atoms with van der Waals surface area (Å²) in [6.45, 7) is 3.70. The Bertz CT molecular complexity index is 1010. The molecule has 2 aromatic rings. The van der Waals surface area contributed by atoms with Gasteiger partial charge in [0.15, 0.2) is 0 Å². The molecule has 0 unspecified atom stereocenters. The van der Waals surface area contributed by atoms with Gasteiger partial charge in [-0.15, -0.1) is 0 Å². The van der Waals surface area contributed by atoms with Gasteiger partial charge < -0.3 is 15.0 Å². The molecule has 1 aromatic heterocycles. The number of carbonyl (C=O) groups excluding carboxylic acids is 1. The number of aromatic nitrogens is 1. The Hall–Kier alpha value is -2.14. The molecule has 30 heavy (non-hydrogen) atoms. The van der Waals surface area contributed by atoms with Crippen LogP contribution in [0.3, 0.4) is 0 Å². The second-order valence-electron chi connectivity index (χ2n) is 10.1. The molecule has 0 spiro atoms. The number of hydrogen-bond donors (Lipinski definition) is 2. The molecule has 2 N–H and O–H groups in total. The van der Waals surface area contributed by atoms with Crippen LogP contribution in [0.5, 0.6) is 0 Å². The lowest BCUT2D eigenvalue weighted by Gasteiger charge is -2.54. The van der Waals surface area contributed by atoms with E-state index in [0.717, 1.165) is 40.3 Å². The van der Waals surface area contributed by atoms with Crippen LogP contribution in [-0.2, 0) is 4.79 Å². The van der Waals surface area contributed by atoms with Gasteiger partial charge >= 0.3 is 0 Å². The van der Waals surface area contributed by atoms with Gasteiger partial charge in [0.25, 0.3) is 5.56 Å². The summed E-state index contributed by atoms with van der Waals surface area (Å²) in [7, 11) is 0. The topological polar surface area (TPSA) is 71.3 Å². The average molecular weight is 409 g/mol. The molecule has 0 aliphatic heterocycles. The third-order valence-electron chi connectivity index (χ3n) is 8.17. The molecule has 4 aliphatic rings. The molecule has 0 saturated heterocycles. The third kappa shape index (κ3) is 3.27. The van der Waals surface area contributed by atoms with Crippen LogP contribution in [0.1, 0.15) is 57.1 Å². The fraction of sp³-hybridized carbons (Fsp3) is 0.600. The first-order chi connectivity index (χ1) is 14.4. The van der Waals surface area contributed by atoms with E-state index in [-0.39, 0.29) is 24.1 Å². The molecule has 1 atom stereocenters. The number of hydrogen-bond acceptors (Lipinski definition) is 3. The number of anilines is 1. The van der Waals surface area contributed by atoms with Crippen LogP contribution in [-0.4, -0.2) is 22.2 Å². The van der Waals surface area contributed by atoms with E-state index in [4.69, 9.17) is 0 Å². The van der Waals surface area contributed by atoms with Crippen molar-refractivity contribution in [3.63, 3.8) is 0 Å². The highest BCUT2D eigenvalue weighted by atomic mass is 16.3. The molecular formula is C25H32N2O3. The molecule has 4 saturated carbocycles. The number of nitrogens with zero attached hydrogens (tertiary/aromatic N) is 1. The van der Waals surface area contributed by atoms with Gasteiger partial charge in [-0.1, -0.05) is 6.07 Å². The summed E-state index contributed by atoms with van der Waals surface area (Å²) in [4.78, 5) is 26.0. The van der Waals surface area contributed by atoms with Crippen molar-refractivity contribution in [2.24, 2.45) is 29.6 Å². The highest BCUT2D eigenvalue weighted by Gasteiger charge is 2.48. The van der Waals surface area contributed by atoms with Crippen LogP contribution < -0.4 is 10.9 Å². The normalized spacial score (nSPS) is 30.6. The van der Waals surface area contributed by atoms with E-state index < -0.39 is 0 Å². The van der Waals surface area contributed by atoms with Crippen molar-refractivity contribution in [3.8, 4) is 0 Å². The van der Waals surface area contributed by atoms with E-state index in [1.165, 1.54) is 32.1 Å². The molecule has 160 valence electrons. The molecule has 4 fully saturated rings. The fourth-order valence-electron chi connectivity index (χ4n) is 6.83. The van der Waals surface area contributed by atoms with Gasteiger partial charge in [0.2, 0.25) is 5.91 Å². The molecular weight excluding hydrogens is 376 g/mol. The van der Waals surface area contributed by atoms with Crippen LogP contribution in [0.25, 0.3) is 10.8 Å². The zero-order chi connectivity index (χ0) is 21.0. The van der Waals surface area contributed by atoms with E-state index in [0.29, 0.717) is 17.7 Å². The minimum Gasteiger partial charge on any atom is -0.394 e. The van der Waals surface area contributed by atoms with Crippen molar-refractivity contribution in [2.45, 2.75) is 58.4 Å². The quantitative estimate of drug-likeness (QED) is 0.776. The lowest BCUT2D eigenvalue weighted by molar-refractivity contribution is -0.121. The fourth-order valence-corrected chi connectivity index (χ4v) is 6.83. The summed E-state index contributed by atoms with van der Waals surface area (Å²) < 4.78 is 1.55. The summed E-state index contributed by atoms with van der Waals surface area (Å²) in [6.07, 6.45) is 9.03. The summed E-state index contributed by atoms with van der Waals surface area (Å²) in [5.74, 6) is 3.89. The van der Waals surface area contributed by atoms with Crippen LogP contribution in [0.4, 0.5) is 5.69 Å². The Morgan fingerprint density at radius 1 is 1.10 bits per heavy atom. The molecule has 4 bridgehead atoms. The Morgan fingerprint density at radius 3 is 2.40 bits per heavy atom. The number of pyridine rings is 1. The van der Waals surface area contributed by atoms with Crippen molar-refractivity contribution in [1.29, 1.82) is 0 Å². The van der Waals surface area contributed by atoms with Crippen molar-refractivity contribution >= 4 is 22.4 Å². The van der Waals surface area contributed by atoms with E-state index in [1.54, 1.807) is 10.8 Å². The van der Waals surface area contributed by atoms with Gasteiger partial charge in [-0.3, -0.25) is 9.59 Å². The Kier molecular flexibility index (Phi) is 4.97. The number of benzene rings is 1. The molecule has 1 aromatic carbocycles. The van der Waals surface area contributed by atoms with E-state index in [2.05, 4.69) is 5.32 Å². The number of aliphatic hydroxyl groups is 1. The van der Waals surface area contributed by atoms with Crippen molar-refractivity contribution < 1.29 is 9.90 Å². The van der Waals surface area contributed by atoms with Crippen LogP contribution in [0, 0.1) is 36.5 Å². The third-order valence-corrected chi connectivity index (χ3v) is 8.17. The molecule has 1 amide bonds. The number of amides is 1. The lowest BCUT2D eigenvalue weighted by Crippen LogP contribution is -2.46. The van der Waals surface area contributed by atoms with Gasteiger partial charge in [0.05, 0.1) is 18.3 Å². The second kappa shape index (κ2) is 7.52. The number of aryl methyl sites for hydroxylation is 1. The standard InChI is InChI=1S/C25H32N2O3/c1-14-3-4-21-20(5-6-27(25(21)30)15(2)13-28)24(14)26-23(29)12-22-18-8-16-7-17(10-18)11-19(22)9-16/h3-6,15-19,22,28H,7-13H2,1-2H3,(H,26,29)/t15-,16?,17?,18?,19?,22?/m1/s1. The SMILES string of the molecule is Cc1ccc2c(=O)n([C@H](C)CO)ccc2c1NC(=O)CC1C2CC3CC(C2)CC1C3. The molecule has 5 nitrogen and oxygen atoms in total. The first-order valence-electron chi connectivity index (χ1n) is 11.5. The monoisotopic (exact) mass is 408 g/mol. The minimum absolute atomic E-state index is 0.0796. The Labute approximate surface area is 177 Å². The number of rotatable bonds is 5. The van der Waals surface area contributed by atoms with Gasteiger partial charge in [-0.2, -0.15) is 0 Å². The van der Waals surface area contributed by atoms with Gasteiger partial charge in [0, 0.05) is 23.4 Å². The summed E-state index contributed by atoms with van der Waals surface area (Å²) in [5.41, 5.74) is 1.58. The largest absolute Gasteiger partial charge is 0.394 e. The maximum Gasteiger partial charge on any atom is 0.258 e. The molecule has 4 aliphatic carbocycles. The highest BCUT2D eigenvalue weighted by Crippen LogP contribution is 2.57. The predicted molar refractivity (Wildman–Crippen MR) is 119 cm³/mol. The van der Waals surface area contributed by atoms with E-state index in [9.17, 15) is 14.7 Å². The van der Waals surface area contributed by atoms with Crippen molar-refractivity contribution in [3.05, 3.63) is 40.3 Å². The summed E-state index contributed by atoms with van der Waals surface area (Å²) in [5, 5.41) is 13.9. The van der Waals surface area contributed by atoms with Crippen molar-refractivity contribution in [1.82, 2.24) is 4.57 Å². The zero-order valence-corrected chi connectivity index (χ0v) is 17.9. The number of fused-ring (bicyclic) bond motifs is 1. The summed E-state index contributed by atoms with van der Waals surface area (Å²) >= 11 is 0. The molecule has 5 heteroatoms. The number of nitrogens with one attached hydrogen (secondary N) is 1. The maximum absolute atomic E-state index is 13.1. The first kappa shape index (κ1) is 19.8. The number of carbonyl (C=O) groups is 1. The molecule has 1 heterocycles. The van der Waals surface area contributed by atoms with Crippen molar-refractivity contribution in [2.75, 3.05) is 11.9 Å². The first-order valence-corrected chi connectivity index (χ1v) is 11.5. The van der Waals surface area contributed by atoms with Crippen LogP contribution in [0.15, 0.2) is 29.2 Å². The average Bonchev–Trinajstić information content (AvgIpc) is 2.72. The molecule has 0 radical (unpaired) electrons. The van der Waals surface area contributed by atoms with Crippen LogP contribution in [0.2, 0.25) is 0 Å². The highest BCUT2D eigenvalue weighted by molar-refractivity contribution is 6.03.